The van der Waals surface area contributed by atoms with Crippen molar-refractivity contribution in [1.29, 1.82) is 5.26 Å². The maximum Gasteiger partial charge on any atom is 0.0991 e. The summed E-state index contributed by atoms with van der Waals surface area (Å²) in [6, 6.07) is 10.3. The van der Waals surface area contributed by atoms with E-state index in [9.17, 15) is 0 Å². The standard InChI is InChI=1S/C13H14N2/c14-6-9-1-3-10(4-2-9)12-5-11-7-15-8-13(11)12/h1-4,11-13,15H,5,7-8H2/t11-,12+,13+/m1/s1. The van der Waals surface area contributed by atoms with Crippen LogP contribution < -0.4 is 5.32 Å². The van der Waals surface area contributed by atoms with Crippen LogP contribution in [0.15, 0.2) is 24.3 Å². The van der Waals surface area contributed by atoms with Gasteiger partial charge in [-0.1, -0.05) is 12.1 Å². The Morgan fingerprint density at radius 3 is 2.67 bits per heavy atom. The molecule has 2 aliphatic rings. The minimum Gasteiger partial charge on any atom is -0.316 e. The average molecular weight is 198 g/mol. The smallest absolute Gasteiger partial charge is 0.0991 e. The van der Waals surface area contributed by atoms with E-state index in [1.165, 1.54) is 25.1 Å². The number of hydrogen-bond acceptors (Lipinski definition) is 2. The Bertz CT molecular complexity index is 402. The van der Waals surface area contributed by atoms with Crippen LogP contribution in [0.3, 0.4) is 0 Å². The molecule has 1 aromatic carbocycles. The zero-order valence-electron chi connectivity index (χ0n) is 8.61. The molecule has 76 valence electrons. The second kappa shape index (κ2) is 3.36. The van der Waals surface area contributed by atoms with E-state index in [2.05, 4.69) is 23.5 Å². The van der Waals surface area contributed by atoms with Gasteiger partial charge in [0.25, 0.3) is 0 Å². The molecule has 0 aromatic heterocycles. The molecule has 0 amide bonds. The highest BCUT2D eigenvalue weighted by Gasteiger charge is 2.44. The zero-order valence-corrected chi connectivity index (χ0v) is 8.61. The number of benzene rings is 1. The van der Waals surface area contributed by atoms with Crippen LogP contribution in [0.2, 0.25) is 0 Å². The number of nitrogens with one attached hydrogen (secondary N) is 1. The van der Waals surface area contributed by atoms with Crippen molar-refractivity contribution in [2.75, 3.05) is 13.1 Å². The van der Waals surface area contributed by atoms with Gasteiger partial charge in [0.1, 0.15) is 0 Å². The van der Waals surface area contributed by atoms with Gasteiger partial charge in [0.05, 0.1) is 11.6 Å². The van der Waals surface area contributed by atoms with E-state index in [-0.39, 0.29) is 0 Å². The fraction of sp³-hybridized carbons (Fsp3) is 0.462. The number of rotatable bonds is 1. The van der Waals surface area contributed by atoms with E-state index < -0.39 is 0 Å². The molecule has 1 aliphatic carbocycles. The minimum atomic E-state index is 0.734. The second-order valence-corrected chi connectivity index (χ2v) is 4.66. The molecule has 2 heteroatoms. The molecular formula is C13H14N2. The molecular weight excluding hydrogens is 184 g/mol. The number of nitriles is 1. The van der Waals surface area contributed by atoms with Crippen molar-refractivity contribution in [3.05, 3.63) is 35.4 Å². The molecule has 15 heavy (non-hydrogen) atoms. The van der Waals surface area contributed by atoms with Crippen LogP contribution >= 0.6 is 0 Å². The summed E-state index contributed by atoms with van der Waals surface area (Å²) >= 11 is 0. The quantitative estimate of drug-likeness (QED) is 0.748. The summed E-state index contributed by atoms with van der Waals surface area (Å²) in [6.45, 7) is 2.38. The fourth-order valence-electron chi connectivity index (χ4n) is 2.98. The minimum absolute atomic E-state index is 0.734. The largest absolute Gasteiger partial charge is 0.316 e. The molecule has 0 spiro atoms. The van der Waals surface area contributed by atoms with Gasteiger partial charge in [-0.05, 0) is 55.0 Å². The van der Waals surface area contributed by atoms with Crippen molar-refractivity contribution in [3.8, 4) is 6.07 Å². The van der Waals surface area contributed by atoms with Gasteiger partial charge in [-0.15, -0.1) is 0 Å². The van der Waals surface area contributed by atoms with E-state index in [1.807, 2.05) is 12.1 Å². The summed E-state index contributed by atoms with van der Waals surface area (Å²) in [6.07, 6.45) is 1.32. The molecule has 3 atom stereocenters. The van der Waals surface area contributed by atoms with Crippen molar-refractivity contribution >= 4 is 0 Å². The maximum atomic E-state index is 8.73. The van der Waals surface area contributed by atoms with Gasteiger partial charge in [0.2, 0.25) is 0 Å². The summed E-state index contributed by atoms with van der Waals surface area (Å²) in [5.74, 6) is 2.49. The number of nitrogens with zero attached hydrogens (tertiary/aromatic N) is 1. The van der Waals surface area contributed by atoms with Crippen LogP contribution in [0.4, 0.5) is 0 Å². The summed E-state index contributed by atoms with van der Waals surface area (Å²) in [5.41, 5.74) is 2.18. The Morgan fingerprint density at radius 2 is 2.00 bits per heavy atom. The first-order valence-electron chi connectivity index (χ1n) is 5.59. The molecule has 1 N–H and O–H groups in total. The third-order valence-corrected chi connectivity index (χ3v) is 3.93. The van der Waals surface area contributed by atoms with E-state index in [0.717, 1.165) is 23.3 Å². The molecule has 0 bridgehead atoms. The topological polar surface area (TPSA) is 35.8 Å². The molecule has 1 saturated carbocycles. The van der Waals surface area contributed by atoms with Crippen molar-refractivity contribution in [1.82, 2.24) is 5.32 Å². The molecule has 0 unspecified atom stereocenters. The second-order valence-electron chi connectivity index (χ2n) is 4.66. The summed E-state index contributed by atoms with van der Waals surface area (Å²) in [7, 11) is 0. The molecule has 1 heterocycles. The SMILES string of the molecule is N#Cc1ccc([C@@H]2C[C@@H]3CNC[C@@H]32)cc1. The molecule has 1 saturated heterocycles. The van der Waals surface area contributed by atoms with Crippen molar-refractivity contribution in [3.63, 3.8) is 0 Å². The Hall–Kier alpha value is -1.33. The Labute approximate surface area is 89.9 Å². The van der Waals surface area contributed by atoms with E-state index in [4.69, 9.17) is 5.26 Å². The van der Waals surface area contributed by atoms with Crippen molar-refractivity contribution < 1.29 is 0 Å². The van der Waals surface area contributed by atoms with Crippen LogP contribution in [0, 0.1) is 23.2 Å². The lowest BCUT2D eigenvalue weighted by Crippen LogP contribution is -2.33. The highest BCUT2D eigenvalue weighted by Crippen LogP contribution is 2.48. The van der Waals surface area contributed by atoms with Crippen LogP contribution in [0.25, 0.3) is 0 Å². The molecule has 0 radical (unpaired) electrons. The third-order valence-electron chi connectivity index (χ3n) is 3.93. The van der Waals surface area contributed by atoms with Crippen LogP contribution in [-0.4, -0.2) is 13.1 Å². The first-order chi connectivity index (χ1) is 7.38. The van der Waals surface area contributed by atoms with Gasteiger partial charge in [0.15, 0.2) is 0 Å². The maximum absolute atomic E-state index is 8.73. The number of hydrogen-bond donors (Lipinski definition) is 1. The highest BCUT2D eigenvalue weighted by molar-refractivity contribution is 5.34. The first-order valence-corrected chi connectivity index (χ1v) is 5.59. The predicted molar refractivity (Wildman–Crippen MR) is 58.4 cm³/mol. The summed E-state index contributed by atoms with van der Waals surface area (Å²) in [4.78, 5) is 0. The fourth-order valence-corrected chi connectivity index (χ4v) is 2.98. The predicted octanol–water partition coefficient (Wildman–Crippen LogP) is 1.88. The van der Waals surface area contributed by atoms with Gasteiger partial charge in [-0.3, -0.25) is 0 Å². The van der Waals surface area contributed by atoms with Gasteiger partial charge in [0, 0.05) is 0 Å². The van der Waals surface area contributed by atoms with E-state index in [0.29, 0.717) is 0 Å². The van der Waals surface area contributed by atoms with Gasteiger partial charge >= 0.3 is 0 Å². The lowest BCUT2D eigenvalue weighted by atomic mass is 9.64. The summed E-state index contributed by atoms with van der Waals surface area (Å²) < 4.78 is 0. The van der Waals surface area contributed by atoms with Gasteiger partial charge in [-0.25, -0.2) is 0 Å². The van der Waals surface area contributed by atoms with Crippen LogP contribution in [-0.2, 0) is 0 Å². The lowest BCUT2D eigenvalue weighted by molar-refractivity contribution is 0.191. The lowest BCUT2D eigenvalue weighted by Gasteiger charge is -2.40. The van der Waals surface area contributed by atoms with Crippen LogP contribution in [0.1, 0.15) is 23.5 Å². The monoisotopic (exact) mass is 198 g/mol. The van der Waals surface area contributed by atoms with E-state index in [1.54, 1.807) is 0 Å². The van der Waals surface area contributed by atoms with Gasteiger partial charge < -0.3 is 5.32 Å². The summed E-state index contributed by atoms with van der Waals surface area (Å²) in [5, 5.41) is 12.2. The molecule has 3 rings (SSSR count). The third kappa shape index (κ3) is 1.35. The Morgan fingerprint density at radius 1 is 1.20 bits per heavy atom. The Kier molecular flexibility index (Phi) is 2.00. The molecule has 1 aliphatic heterocycles. The van der Waals surface area contributed by atoms with Crippen molar-refractivity contribution in [2.45, 2.75) is 12.3 Å². The first kappa shape index (κ1) is 8.94. The average Bonchev–Trinajstić information content (AvgIpc) is 2.61. The van der Waals surface area contributed by atoms with E-state index >= 15 is 0 Å². The van der Waals surface area contributed by atoms with Crippen LogP contribution in [0.5, 0.6) is 0 Å². The molecule has 1 aromatic rings. The Balaban J connectivity index is 1.80. The molecule has 2 fully saturated rings. The van der Waals surface area contributed by atoms with Crippen molar-refractivity contribution in [2.24, 2.45) is 11.8 Å². The number of fused-ring (bicyclic) bond motifs is 1. The van der Waals surface area contributed by atoms with Gasteiger partial charge in [-0.2, -0.15) is 5.26 Å². The highest BCUT2D eigenvalue weighted by atomic mass is 14.9. The zero-order chi connectivity index (χ0) is 10.3. The normalized spacial score (nSPS) is 32.9. The molecule has 2 nitrogen and oxygen atoms in total.